The number of hydrogen-bond acceptors (Lipinski definition) is 4. The van der Waals surface area contributed by atoms with Gasteiger partial charge in [0, 0.05) is 11.8 Å². The van der Waals surface area contributed by atoms with E-state index < -0.39 is 0 Å². The lowest BCUT2D eigenvalue weighted by Crippen LogP contribution is -2.23. The zero-order valence-corrected chi connectivity index (χ0v) is 11.4. The zero-order chi connectivity index (χ0) is 14.8. The second-order valence-electron chi connectivity index (χ2n) is 4.59. The molecule has 0 radical (unpaired) electrons. The van der Waals surface area contributed by atoms with Crippen LogP contribution in [0.1, 0.15) is 5.56 Å². The zero-order valence-electron chi connectivity index (χ0n) is 11.4. The molecule has 1 amide bonds. The maximum absolute atomic E-state index is 12.0. The molecule has 0 saturated heterocycles. The first-order chi connectivity index (χ1) is 10.2. The third-order valence-electron chi connectivity index (χ3n) is 3.11. The lowest BCUT2D eigenvalue weighted by molar-refractivity contribution is -0.115. The van der Waals surface area contributed by atoms with E-state index in [1.54, 1.807) is 31.4 Å². The average molecular weight is 282 g/mol. The number of anilines is 2. The fourth-order valence-corrected chi connectivity index (χ4v) is 2.02. The quantitative estimate of drug-likeness (QED) is 0.656. The Labute approximate surface area is 122 Å². The third kappa shape index (κ3) is 2.67. The average Bonchev–Trinajstić information content (AvgIpc) is 2.49. The van der Waals surface area contributed by atoms with Crippen LogP contribution in [0.3, 0.4) is 0 Å². The number of nitrogens with one attached hydrogen (secondary N) is 1. The second kappa shape index (κ2) is 5.20. The molecule has 0 saturated carbocycles. The van der Waals surface area contributed by atoms with Gasteiger partial charge in [0.1, 0.15) is 5.75 Å². The van der Waals surface area contributed by atoms with Crippen molar-refractivity contribution in [3.05, 3.63) is 53.8 Å². The number of ether oxygens (including phenoxy) is 2. The first-order valence-electron chi connectivity index (χ1n) is 6.40. The van der Waals surface area contributed by atoms with Crippen LogP contribution in [0.4, 0.5) is 11.4 Å². The molecule has 0 fully saturated rings. The van der Waals surface area contributed by atoms with Crippen LogP contribution >= 0.6 is 0 Å². The van der Waals surface area contributed by atoms with Gasteiger partial charge in [0.15, 0.2) is 11.5 Å². The topological polar surface area (TPSA) is 73.6 Å². The number of carbonyl (C=O) groups excluding carboxylic acids is 1. The van der Waals surface area contributed by atoms with Crippen molar-refractivity contribution in [1.29, 1.82) is 0 Å². The van der Waals surface area contributed by atoms with Crippen LogP contribution in [0.15, 0.2) is 48.2 Å². The summed E-state index contributed by atoms with van der Waals surface area (Å²) in [5.41, 5.74) is 7.75. The number of nitrogen functional groups attached to an aromatic ring is 1. The van der Waals surface area contributed by atoms with Crippen LogP contribution in [0.5, 0.6) is 11.5 Å². The normalized spacial score (nSPS) is 15.1. The van der Waals surface area contributed by atoms with Crippen LogP contribution in [0.25, 0.3) is 6.08 Å². The summed E-state index contributed by atoms with van der Waals surface area (Å²) in [6.45, 7) is 0. The fraction of sp³-hybridized carbons (Fsp3) is 0.0625. The highest BCUT2D eigenvalue weighted by Crippen LogP contribution is 2.33. The molecule has 0 aromatic heterocycles. The number of fused-ring (bicyclic) bond motifs is 1. The van der Waals surface area contributed by atoms with E-state index in [0.29, 0.717) is 17.1 Å². The van der Waals surface area contributed by atoms with Crippen LogP contribution in [-0.4, -0.2) is 13.0 Å². The molecule has 3 rings (SSSR count). The van der Waals surface area contributed by atoms with Gasteiger partial charge in [0.2, 0.25) is 0 Å². The Balaban J connectivity index is 1.91. The summed E-state index contributed by atoms with van der Waals surface area (Å²) in [6.07, 6.45) is 1.67. The predicted molar refractivity (Wildman–Crippen MR) is 81.1 cm³/mol. The van der Waals surface area contributed by atoms with Crippen molar-refractivity contribution < 1.29 is 14.3 Å². The summed E-state index contributed by atoms with van der Waals surface area (Å²) in [6, 6.07) is 12.4. The van der Waals surface area contributed by atoms with Crippen molar-refractivity contribution in [3.8, 4) is 11.5 Å². The van der Waals surface area contributed by atoms with Crippen molar-refractivity contribution in [1.82, 2.24) is 0 Å². The lowest BCUT2D eigenvalue weighted by Gasteiger charge is -2.20. The molecule has 1 aliphatic heterocycles. The molecular formula is C16H14N2O3. The summed E-state index contributed by atoms with van der Waals surface area (Å²) < 4.78 is 10.7. The van der Waals surface area contributed by atoms with E-state index in [1.807, 2.05) is 24.3 Å². The molecule has 0 bridgehead atoms. The Morgan fingerprint density at radius 2 is 1.95 bits per heavy atom. The van der Waals surface area contributed by atoms with Crippen molar-refractivity contribution >= 4 is 23.4 Å². The highest BCUT2D eigenvalue weighted by molar-refractivity contribution is 6.08. The van der Waals surface area contributed by atoms with Crippen LogP contribution < -0.4 is 20.5 Å². The van der Waals surface area contributed by atoms with Gasteiger partial charge in [0.25, 0.3) is 5.91 Å². The highest BCUT2D eigenvalue weighted by Gasteiger charge is 2.21. The Morgan fingerprint density at radius 1 is 1.19 bits per heavy atom. The third-order valence-corrected chi connectivity index (χ3v) is 3.11. The summed E-state index contributed by atoms with van der Waals surface area (Å²) in [5.74, 6) is 1.22. The maximum atomic E-state index is 12.0. The number of benzene rings is 2. The molecule has 5 heteroatoms. The van der Waals surface area contributed by atoms with E-state index in [4.69, 9.17) is 15.2 Å². The first kappa shape index (κ1) is 13.1. The monoisotopic (exact) mass is 282 g/mol. The Morgan fingerprint density at radius 3 is 2.67 bits per heavy atom. The molecule has 2 aromatic rings. The fourth-order valence-electron chi connectivity index (χ4n) is 2.02. The Kier molecular flexibility index (Phi) is 3.23. The number of hydrogen-bond donors (Lipinski definition) is 2. The van der Waals surface area contributed by atoms with Crippen LogP contribution in [0.2, 0.25) is 0 Å². The minimum Gasteiger partial charge on any atom is -0.497 e. The summed E-state index contributed by atoms with van der Waals surface area (Å²) in [7, 11) is 1.60. The van der Waals surface area contributed by atoms with Gasteiger partial charge in [-0.25, -0.2) is 0 Å². The molecular weight excluding hydrogens is 268 g/mol. The number of nitrogens with two attached hydrogens (primary N) is 1. The molecule has 1 heterocycles. The smallest absolute Gasteiger partial charge is 0.291 e. The van der Waals surface area contributed by atoms with Crippen molar-refractivity contribution in [2.24, 2.45) is 0 Å². The summed E-state index contributed by atoms with van der Waals surface area (Å²) >= 11 is 0. The van der Waals surface area contributed by atoms with E-state index in [2.05, 4.69) is 5.32 Å². The van der Waals surface area contributed by atoms with E-state index in [9.17, 15) is 4.79 Å². The predicted octanol–water partition coefficient (Wildman–Crippen LogP) is 2.65. The molecule has 2 aromatic carbocycles. The summed E-state index contributed by atoms with van der Waals surface area (Å²) in [5, 5.41) is 2.77. The molecule has 106 valence electrons. The molecule has 0 unspecified atom stereocenters. The first-order valence-corrected chi connectivity index (χ1v) is 6.40. The van der Waals surface area contributed by atoms with Gasteiger partial charge >= 0.3 is 0 Å². The minimum atomic E-state index is -0.289. The molecule has 5 nitrogen and oxygen atoms in total. The molecule has 21 heavy (non-hydrogen) atoms. The molecule has 0 atom stereocenters. The maximum Gasteiger partial charge on any atom is 0.291 e. The van der Waals surface area contributed by atoms with Crippen molar-refractivity contribution in [2.45, 2.75) is 0 Å². The van der Waals surface area contributed by atoms with Gasteiger partial charge in [-0.1, -0.05) is 12.1 Å². The van der Waals surface area contributed by atoms with Crippen molar-refractivity contribution in [3.63, 3.8) is 0 Å². The summed E-state index contributed by atoms with van der Waals surface area (Å²) in [4.78, 5) is 12.0. The number of methoxy groups -OCH3 is 1. The van der Waals surface area contributed by atoms with Gasteiger partial charge < -0.3 is 20.5 Å². The number of carbonyl (C=O) groups is 1. The largest absolute Gasteiger partial charge is 0.497 e. The molecule has 0 aliphatic carbocycles. The van der Waals surface area contributed by atoms with E-state index in [1.165, 1.54) is 0 Å². The molecule has 0 spiro atoms. The van der Waals surface area contributed by atoms with Crippen LogP contribution in [-0.2, 0) is 4.79 Å². The van der Waals surface area contributed by atoms with Gasteiger partial charge in [-0.15, -0.1) is 0 Å². The van der Waals surface area contributed by atoms with Crippen LogP contribution in [0, 0.1) is 0 Å². The standard InChI is InChI=1S/C16H14N2O3/c1-20-12-5-2-10(3-6-12)8-15-16(19)18-13-7-4-11(17)9-14(13)21-15/h2-9H,17H2,1H3,(H,18,19)/b15-8+. The van der Waals surface area contributed by atoms with Crippen molar-refractivity contribution in [2.75, 3.05) is 18.2 Å². The number of amides is 1. The van der Waals surface area contributed by atoms with E-state index in [0.717, 1.165) is 11.3 Å². The van der Waals surface area contributed by atoms with Gasteiger partial charge in [-0.05, 0) is 35.9 Å². The van der Waals surface area contributed by atoms with Gasteiger partial charge in [-0.3, -0.25) is 4.79 Å². The van der Waals surface area contributed by atoms with E-state index in [-0.39, 0.29) is 11.7 Å². The molecule has 3 N–H and O–H groups in total. The van der Waals surface area contributed by atoms with E-state index >= 15 is 0 Å². The Hall–Kier alpha value is -2.95. The minimum absolute atomic E-state index is 0.221. The lowest BCUT2D eigenvalue weighted by atomic mass is 10.1. The second-order valence-corrected chi connectivity index (χ2v) is 4.59. The molecule has 1 aliphatic rings. The Bertz CT molecular complexity index is 721. The van der Waals surface area contributed by atoms with Gasteiger partial charge in [0.05, 0.1) is 12.8 Å². The highest BCUT2D eigenvalue weighted by atomic mass is 16.5. The number of rotatable bonds is 2. The van der Waals surface area contributed by atoms with Gasteiger partial charge in [-0.2, -0.15) is 0 Å². The SMILES string of the molecule is COc1ccc(/C=C2/Oc3cc(N)ccc3NC2=O)cc1.